The van der Waals surface area contributed by atoms with E-state index in [1.54, 1.807) is 0 Å². The Kier molecular flexibility index (Phi) is 5.91. The minimum Gasteiger partial charge on any atom is -0.478 e. The summed E-state index contributed by atoms with van der Waals surface area (Å²) in [5.41, 5.74) is 13.0. The van der Waals surface area contributed by atoms with Crippen molar-refractivity contribution in [1.29, 1.82) is 0 Å². The number of carbonyl (C=O) groups is 2. The first-order chi connectivity index (χ1) is 12.5. The topological polar surface area (TPSA) is 106 Å². The zero-order chi connectivity index (χ0) is 20.4. The SMILES string of the molecule is Cc1ccc2c(c1)-c1c(ccn1CC(C)N)C2(C)C.O=C(O)/C=C/C(=O)O. The minimum atomic E-state index is -1.26. The Morgan fingerprint density at radius 2 is 1.74 bits per heavy atom. The van der Waals surface area contributed by atoms with Crippen LogP contribution in [0, 0.1) is 6.92 Å². The van der Waals surface area contributed by atoms with Crippen LogP contribution in [-0.4, -0.2) is 32.8 Å². The number of aromatic nitrogens is 1. The van der Waals surface area contributed by atoms with Crippen molar-refractivity contribution in [2.45, 2.75) is 45.7 Å². The molecule has 6 heteroatoms. The van der Waals surface area contributed by atoms with Gasteiger partial charge in [-0.3, -0.25) is 0 Å². The fourth-order valence-corrected chi connectivity index (χ4v) is 3.43. The van der Waals surface area contributed by atoms with Crippen LogP contribution in [-0.2, 0) is 21.5 Å². The van der Waals surface area contributed by atoms with Crippen LogP contribution in [0.2, 0.25) is 0 Å². The van der Waals surface area contributed by atoms with Crippen molar-refractivity contribution in [1.82, 2.24) is 4.57 Å². The number of rotatable bonds is 4. The molecule has 6 nitrogen and oxygen atoms in total. The van der Waals surface area contributed by atoms with Crippen molar-refractivity contribution < 1.29 is 19.8 Å². The molecule has 0 saturated heterocycles. The molecule has 3 rings (SSSR count). The normalized spacial score (nSPS) is 14.9. The van der Waals surface area contributed by atoms with E-state index in [1.165, 1.54) is 27.9 Å². The molecule has 1 atom stereocenters. The maximum atomic E-state index is 9.55. The standard InChI is InChI=1S/C17H22N2.C4H4O4/c1-11-5-6-14-13(9-11)16-15(17(14,3)4)7-8-19(16)10-12(2)18;5-3(6)1-2-4(7)8/h5-9,12H,10,18H2,1-4H3;1-2H,(H,5,6)(H,7,8)/b;2-1+. The zero-order valence-electron chi connectivity index (χ0n) is 16.1. The zero-order valence-corrected chi connectivity index (χ0v) is 16.1. The summed E-state index contributed by atoms with van der Waals surface area (Å²) >= 11 is 0. The van der Waals surface area contributed by atoms with E-state index in [0.717, 1.165) is 6.54 Å². The third kappa shape index (κ3) is 4.46. The summed E-state index contributed by atoms with van der Waals surface area (Å²) in [6, 6.07) is 9.23. The van der Waals surface area contributed by atoms with E-state index in [1.807, 2.05) is 0 Å². The number of aliphatic carboxylic acids is 2. The van der Waals surface area contributed by atoms with Crippen molar-refractivity contribution in [2.24, 2.45) is 5.73 Å². The molecule has 1 aliphatic rings. The average Bonchev–Trinajstić information content (AvgIpc) is 3.05. The van der Waals surface area contributed by atoms with Crippen LogP contribution in [0.15, 0.2) is 42.6 Å². The van der Waals surface area contributed by atoms with Crippen LogP contribution in [0.25, 0.3) is 11.3 Å². The molecule has 144 valence electrons. The lowest BCUT2D eigenvalue weighted by Gasteiger charge is -2.20. The summed E-state index contributed by atoms with van der Waals surface area (Å²) in [5, 5.41) is 15.6. The molecule has 1 aromatic heterocycles. The summed E-state index contributed by atoms with van der Waals surface area (Å²) in [6.07, 6.45) is 3.30. The van der Waals surface area contributed by atoms with E-state index in [9.17, 15) is 9.59 Å². The summed E-state index contributed by atoms with van der Waals surface area (Å²) < 4.78 is 2.31. The summed E-state index contributed by atoms with van der Waals surface area (Å²) in [5.74, 6) is -2.51. The van der Waals surface area contributed by atoms with Gasteiger partial charge in [-0.1, -0.05) is 31.5 Å². The first-order valence-corrected chi connectivity index (χ1v) is 8.74. The molecular formula is C21H26N2O4. The lowest BCUT2D eigenvalue weighted by molar-refractivity contribution is -0.134. The number of aryl methyl sites for hydroxylation is 1. The number of carboxylic acid groups (broad SMARTS) is 2. The lowest BCUT2D eigenvalue weighted by Crippen LogP contribution is -2.22. The quantitative estimate of drug-likeness (QED) is 0.717. The van der Waals surface area contributed by atoms with Crippen molar-refractivity contribution >= 4 is 11.9 Å². The molecule has 1 heterocycles. The van der Waals surface area contributed by atoms with Crippen LogP contribution in [0.3, 0.4) is 0 Å². The molecular weight excluding hydrogens is 344 g/mol. The number of benzene rings is 1. The highest BCUT2D eigenvalue weighted by Crippen LogP contribution is 2.49. The Bertz CT molecular complexity index is 876. The Hall–Kier alpha value is -2.86. The van der Waals surface area contributed by atoms with E-state index >= 15 is 0 Å². The Morgan fingerprint density at radius 1 is 1.15 bits per heavy atom. The molecule has 1 aliphatic carbocycles. The maximum absolute atomic E-state index is 9.55. The highest BCUT2D eigenvalue weighted by atomic mass is 16.4. The van der Waals surface area contributed by atoms with Crippen molar-refractivity contribution in [3.05, 3.63) is 59.3 Å². The molecule has 4 N–H and O–H groups in total. The predicted molar refractivity (Wildman–Crippen MR) is 105 cm³/mol. The van der Waals surface area contributed by atoms with E-state index in [4.69, 9.17) is 15.9 Å². The summed E-state index contributed by atoms with van der Waals surface area (Å²) in [7, 11) is 0. The van der Waals surface area contributed by atoms with Gasteiger partial charge in [0.25, 0.3) is 0 Å². The van der Waals surface area contributed by atoms with Gasteiger partial charge in [-0.05, 0) is 37.1 Å². The van der Waals surface area contributed by atoms with Gasteiger partial charge >= 0.3 is 11.9 Å². The second-order valence-corrected chi connectivity index (χ2v) is 7.39. The number of hydrogen-bond donors (Lipinski definition) is 3. The molecule has 1 aromatic carbocycles. The molecule has 0 fully saturated rings. The number of hydrogen-bond acceptors (Lipinski definition) is 3. The molecule has 2 aromatic rings. The van der Waals surface area contributed by atoms with Gasteiger partial charge < -0.3 is 20.5 Å². The fourth-order valence-electron chi connectivity index (χ4n) is 3.43. The average molecular weight is 370 g/mol. The van der Waals surface area contributed by atoms with Crippen LogP contribution in [0.5, 0.6) is 0 Å². The summed E-state index contributed by atoms with van der Waals surface area (Å²) in [6.45, 7) is 9.71. The maximum Gasteiger partial charge on any atom is 0.328 e. The van der Waals surface area contributed by atoms with Crippen LogP contribution < -0.4 is 5.73 Å². The van der Waals surface area contributed by atoms with Crippen LogP contribution in [0.1, 0.15) is 37.5 Å². The molecule has 0 saturated carbocycles. The second kappa shape index (κ2) is 7.80. The van der Waals surface area contributed by atoms with Gasteiger partial charge in [0.2, 0.25) is 0 Å². The molecule has 1 unspecified atom stereocenters. The van der Waals surface area contributed by atoms with E-state index in [0.29, 0.717) is 12.2 Å². The number of fused-ring (bicyclic) bond motifs is 3. The van der Waals surface area contributed by atoms with Gasteiger partial charge in [0.1, 0.15) is 0 Å². The van der Waals surface area contributed by atoms with Gasteiger partial charge in [0.05, 0.1) is 5.69 Å². The fraction of sp³-hybridized carbons (Fsp3) is 0.333. The molecule has 27 heavy (non-hydrogen) atoms. The highest BCUT2D eigenvalue weighted by Gasteiger charge is 2.37. The molecule has 0 radical (unpaired) electrons. The van der Waals surface area contributed by atoms with Gasteiger partial charge in [-0.15, -0.1) is 0 Å². The first-order valence-electron chi connectivity index (χ1n) is 8.74. The van der Waals surface area contributed by atoms with Crippen molar-refractivity contribution in [2.75, 3.05) is 0 Å². The minimum absolute atomic E-state index is 0.0987. The van der Waals surface area contributed by atoms with E-state index < -0.39 is 11.9 Å². The van der Waals surface area contributed by atoms with E-state index in [2.05, 4.69) is 62.7 Å². The number of carboxylic acids is 2. The number of nitrogens with two attached hydrogens (primary N) is 1. The molecule has 0 aliphatic heterocycles. The Balaban J connectivity index is 0.000000279. The summed E-state index contributed by atoms with van der Waals surface area (Å²) in [4.78, 5) is 19.1. The highest BCUT2D eigenvalue weighted by molar-refractivity contribution is 5.89. The smallest absolute Gasteiger partial charge is 0.328 e. The van der Waals surface area contributed by atoms with Gasteiger partial charge in [0, 0.05) is 41.9 Å². The van der Waals surface area contributed by atoms with E-state index in [-0.39, 0.29) is 11.5 Å². The van der Waals surface area contributed by atoms with Crippen LogP contribution >= 0.6 is 0 Å². The Labute approximate surface area is 158 Å². The van der Waals surface area contributed by atoms with Gasteiger partial charge in [-0.2, -0.15) is 0 Å². The monoisotopic (exact) mass is 370 g/mol. The third-order valence-electron chi connectivity index (χ3n) is 4.59. The second-order valence-electron chi connectivity index (χ2n) is 7.39. The van der Waals surface area contributed by atoms with Crippen molar-refractivity contribution in [3.63, 3.8) is 0 Å². The Morgan fingerprint density at radius 3 is 2.26 bits per heavy atom. The van der Waals surface area contributed by atoms with Gasteiger partial charge in [-0.25, -0.2) is 9.59 Å². The molecule has 0 spiro atoms. The first kappa shape index (κ1) is 20.5. The molecule has 0 amide bonds. The third-order valence-corrected chi connectivity index (χ3v) is 4.59. The van der Waals surface area contributed by atoms with Crippen LogP contribution in [0.4, 0.5) is 0 Å². The predicted octanol–water partition coefficient (Wildman–Crippen LogP) is 3.16. The van der Waals surface area contributed by atoms with Gasteiger partial charge in [0.15, 0.2) is 0 Å². The van der Waals surface area contributed by atoms with Crippen molar-refractivity contribution in [3.8, 4) is 11.3 Å². The molecule has 0 bridgehead atoms. The largest absolute Gasteiger partial charge is 0.478 e. The lowest BCUT2D eigenvalue weighted by atomic mass is 9.83. The number of nitrogens with zero attached hydrogens (tertiary/aromatic N) is 1.